The van der Waals surface area contributed by atoms with Crippen molar-refractivity contribution in [2.24, 2.45) is 5.92 Å². The number of amides is 1. The van der Waals surface area contributed by atoms with E-state index in [9.17, 15) is 4.79 Å². The zero-order chi connectivity index (χ0) is 19.8. The van der Waals surface area contributed by atoms with E-state index in [2.05, 4.69) is 47.5 Å². The van der Waals surface area contributed by atoms with E-state index in [-0.39, 0.29) is 11.8 Å². The van der Waals surface area contributed by atoms with Gasteiger partial charge in [-0.15, -0.1) is 0 Å². The second-order valence-corrected chi connectivity index (χ2v) is 8.48. The molecule has 0 spiro atoms. The number of hydrogen-bond acceptors (Lipinski definition) is 4. The van der Waals surface area contributed by atoms with Crippen molar-refractivity contribution >= 4 is 38.3 Å². The second-order valence-electron chi connectivity index (χ2n) is 7.47. The van der Waals surface area contributed by atoms with Crippen molar-refractivity contribution in [3.8, 4) is 11.1 Å². The fourth-order valence-corrected chi connectivity index (χ4v) is 4.73. The summed E-state index contributed by atoms with van der Waals surface area (Å²) >= 11 is 1.70. The number of thiazole rings is 1. The van der Waals surface area contributed by atoms with Crippen LogP contribution in [0.2, 0.25) is 0 Å². The number of benzene rings is 3. The van der Waals surface area contributed by atoms with Crippen LogP contribution in [0.25, 0.3) is 21.3 Å². The van der Waals surface area contributed by atoms with Crippen LogP contribution < -0.4 is 10.2 Å². The Morgan fingerprint density at radius 1 is 1.03 bits per heavy atom. The number of anilines is 2. The van der Waals surface area contributed by atoms with Crippen LogP contribution in [0.4, 0.5) is 10.8 Å². The number of aryl methyl sites for hydroxylation is 1. The molecule has 0 atom stereocenters. The molecule has 1 aromatic heterocycles. The number of para-hydroxylation sites is 1. The largest absolute Gasteiger partial charge is 0.346 e. The Labute approximate surface area is 173 Å². The summed E-state index contributed by atoms with van der Waals surface area (Å²) < 4.78 is 1.20. The van der Waals surface area contributed by atoms with E-state index < -0.39 is 0 Å². The molecule has 5 rings (SSSR count). The lowest BCUT2D eigenvalue weighted by Crippen LogP contribution is -2.52. The Balaban J connectivity index is 1.28. The molecule has 3 aromatic carbocycles. The quantitative estimate of drug-likeness (QED) is 0.503. The number of carbonyl (C=O) groups excluding carboxylic acids is 1. The van der Waals surface area contributed by atoms with Crippen molar-refractivity contribution < 1.29 is 4.79 Å². The maximum atomic E-state index is 12.8. The summed E-state index contributed by atoms with van der Waals surface area (Å²) in [5.41, 5.74) is 5.27. The Hall–Kier alpha value is -3.18. The first-order valence-corrected chi connectivity index (χ1v) is 10.6. The number of nitrogens with one attached hydrogen (secondary N) is 1. The van der Waals surface area contributed by atoms with E-state index >= 15 is 0 Å². The number of nitrogens with zero attached hydrogens (tertiary/aromatic N) is 2. The van der Waals surface area contributed by atoms with Crippen molar-refractivity contribution in [1.82, 2.24) is 4.98 Å². The molecule has 1 fully saturated rings. The third kappa shape index (κ3) is 3.49. The molecule has 1 aliphatic rings. The summed E-state index contributed by atoms with van der Waals surface area (Å²) in [6, 6.07) is 24.4. The van der Waals surface area contributed by atoms with E-state index in [1.54, 1.807) is 11.3 Å². The molecule has 1 aliphatic heterocycles. The van der Waals surface area contributed by atoms with E-state index in [4.69, 9.17) is 4.98 Å². The van der Waals surface area contributed by atoms with Gasteiger partial charge < -0.3 is 10.2 Å². The lowest BCUT2D eigenvalue weighted by molar-refractivity contribution is -0.120. The van der Waals surface area contributed by atoms with Crippen molar-refractivity contribution in [3.05, 3.63) is 78.4 Å². The summed E-state index contributed by atoms with van der Waals surface area (Å²) in [6.45, 7) is 3.51. The Bertz CT molecular complexity index is 1180. The van der Waals surface area contributed by atoms with Gasteiger partial charge in [0.05, 0.1) is 16.1 Å². The van der Waals surface area contributed by atoms with Gasteiger partial charge in [0, 0.05) is 24.3 Å². The van der Waals surface area contributed by atoms with Gasteiger partial charge in [0.25, 0.3) is 0 Å². The summed E-state index contributed by atoms with van der Waals surface area (Å²) in [5.74, 6) is 0.0502. The first-order chi connectivity index (χ1) is 14.2. The summed E-state index contributed by atoms with van der Waals surface area (Å²) in [4.78, 5) is 19.7. The number of hydrogen-bond donors (Lipinski definition) is 1. The first-order valence-electron chi connectivity index (χ1n) is 9.75. The van der Waals surface area contributed by atoms with Crippen LogP contribution in [0.15, 0.2) is 72.8 Å². The van der Waals surface area contributed by atoms with Crippen LogP contribution >= 0.6 is 11.3 Å². The number of carbonyl (C=O) groups is 1. The Morgan fingerprint density at radius 3 is 2.62 bits per heavy atom. The molecule has 0 saturated carbocycles. The van der Waals surface area contributed by atoms with Gasteiger partial charge in [-0.1, -0.05) is 65.9 Å². The SMILES string of the molecule is Cc1ccc2nc(N3CC(C(=O)Nc4ccccc4-c4ccccc4)C3)sc2c1. The maximum Gasteiger partial charge on any atom is 0.231 e. The standard InChI is InChI=1S/C24H21N3OS/c1-16-11-12-21-22(13-16)29-24(26-21)27-14-18(15-27)23(28)25-20-10-6-5-9-19(20)17-7-3-2-4-8-17/h2-13,18H,14-15H2,1H3,(H,25,28). The fraction of sp³-hybridized carbons (Fsp3) is 0.167. The minimum atomic E-state index is -0.0208. The normalized spacial score (nSPS) is 14.0. The molecule has 1 N–H and O–H groups in total. The van der Waals surface area contributed by atoms with Crippen LogP contribution in [0, 0.1) is 12.8 Å². The molecule has 4 nitrogen and oxygen atoms in total. The monoisotopic (exact) mass is 399 g/mol. The fourth-order valence-electron chi connectivity index (χ4n) is 3.65. The average molecular weight is 400 g/mol. The number of rotatable bonds is 4. The number of aromatic nitrogens is 1. The zero-order valence-electron chi connectivity index (χ0n) is 16.1. The van der Waals surface area contributed by atoms with Crippen LogP contribution in [-0.4, -0.2) is 24.0 Å². The topological polar surface area (TPSA) is 45.2 Å². The predicted octanol–water partition coefficient (Wildman–Crippen LogP) is 5.35. The highest BCUT2D eigenvalue weighted by Gasteiger charge is 2.34. The van der Waals surface area contributed by atoms with Crippen LogP contribution in [0.1, 0.15) is 5.56 Å². The zero-order valence-corrected chi connectivity index (χ0v) is 16.9. The van der Waals surface area contributed by atoms with Crippen LogP contribution in [0.3, 0.4) is 0 Å². The molecular formula is C24H21N3OS. The molecule has 1 amide bonds. The molecule has 5 heteroatoms. The van der Waals surface area contributed by atoms with Crippen molar-refractivity contribution in [2.45, 2.75) is 6.92 Å². The third-order valence-corrected chi connectivity index (χ3v) is 6.40. The van der Waals surface area contributed by atoms with E-state index in [0.717, 1.165) is 27.5 Å². The predicted molar refractivity (Wildman–Crippen MR) is 121 cm³/mol. The summed E-state index contributed by atoms with van der Waals surface area (Å²) in [7, 11) is 0. The molecule has 0 bridgehead atoms. The van der Waals surface area contributed by atoms with Crippen molar-refractivity contribution in [2.75, 3.05) is 23.3 Å². The molecule has 29 heavy (non-hydrogen) atoms. The van der Waals surface area contributed by atoms with Gasteiger partial charge in [0.2, 0.25) is 5.91 Å². The van der Waals surface area contributed by atoms with Crippen LogP contribution in [-0.2, 0) is 4.79 Å². The summed E-state index contributed by atoms with van der Waals surface area (Å²) in [6.07, 6.45) is 0. The van der Waals surface area contributed by atoms with Gasteiger partial charge in [-0.2, -0.15) is 0 Å². The second kappa shape index (κ2) is 7.33. The van der Waals surface area contributed by atoms with Gasteiger partial charge in [0.1, 0.15) is 0 Å². The maximum absolute atomic E-state index is 12.8. The first kappa shape index (κ1) is 17.9. The lowest BCUT2D eigenvalue weighted by Gasteiger charge is -2.38. The summed E-state index contributed by atoms with van der Waals surface area (Å²) in [5, 5.41) is 4.13. The van der Waals surface area contributed by atoms with E-state index in [1.165, 1.54) is 10.3 Å². The van der Waals surface area contributed by atoms with Gasteiger partial charge in [0.15, 0.2) is 5.13 Å². The number of fused-ring (bicyclic) bond motifs is 1. The van der Waals surface area contributed by atoms with Gasteiger partial charge in [-0.05, 0) is 36.2 Å². The molecular weight excluding hydrogens is 378 g/mol. The van der Waals surface area contributed by atoms with E-state index in [0.29, 0.717) is 13.1 Å². The molecule has 2 heterocycles. The highest BCUT2D eigenvalue weighted by Crippen LogP contribution is 2.34. The minimum absolute atomic E-state index is 0.0208. The third-order valence-electron chi connectivity index (χ3n) is 5.33. The van der Waals surface area contributed by atoms with E-state index in [1.807, 2.05) is 42.5 Å². The minimum Gasteiger partial charge on any atom is -0.346 e. The molecule has 0 unspecified atom stereocenters. The smallest absolute Gasteiger partial charge is 0.231 e. The highest BCUT2D eigenvalue weighted by molar-refractivity contribution is 7.22. The highest BCUT2D eigenvalue weighted by atomic mass is 32.1. The lowest BCUT2D eigenvalue weighted by atomic mass is 9.98. The average Bonchev–Trinajstić information content (AvgIpc) is 3.10. The molecule has 0 radical (unpaired) electrons. The van der Waals surface area contributed by atoms with Crippen molar-refractivity contribution in [3.63, 3.8) is 0 Å². The van der Waals surface area contributed by atoms with Gasteiger partial charge >= 0.3 is 0 Å². The van der Waals surface area contributed by atoms with Crippen molar-refractivity contribution in [1.29, 1.82) is 0 Å². The molecule has 0 aliphatic carbocycles. The Kier molecular flexibility index (Phi) is 4.52. The Morgan fingerprint density at radius 2 is 1.79 bits per heavy atom. The van der Waals surface area contributed by atoms with Gasteiger partial charge in [-0.25, -0.2) is 4.98 Å². The molecule has 144 valence electrons. The van der Waals surface area contributed by atoms with Crippen LogP contribution in [0.5, 0.6) is 0 Å². The molecule has 4 aromatic rings. The van der Waals surface area contributed by atoms with Gasteiger partial charge in [-0.3, -0.25) is 4.79 Å². The molecule has 1 saturated heterocycles.